The highest BCUT2D eigenvalue weighted by atomic mass is 16.5. The number of methoxy groups -OCH3 is 1. The minimum absolute atomic E-state index is 0.654. The summed E-state index contributed by atoms with van der Waals surface area (Å²) in [4.78, 5) is 4.38. The van der Waals surface area contributed by atoms with Gasteiger partial charge in [0.1, 0.15) is 12.4 Å². The molecule has 17 heavy (non-hydrogen) atoms. The fraction of sp³-hybridized carbons (Fsp3) is 0.214. The molecule has 0 radical (unpaired) electrons. The molecule has 0 amide bonds. The number of benzene rings is 2. The Morgan fingerprint density at radius 1 is 1.18 bits per heavy atom. The minimum atomic E-state index is 0.654. The number of nitrogens with zero attached hydrogens (tertiary/aromatic N) is 1. The molecule has 3 heteroatoms. The van der Waals surface area contributed by atoms with Gasteiger partial charge in [-0.2, -0.15) is 0 Å². The van der Waals surface area contributed by atoms with Crippen LogP contribution in [0.4, 0.5) is 0 Å². The molecule has 2 aromatic rings. The van der Waals surface area contributed by atoms with Gasteiger partial charge in [0.2, 0.25) is 5.90 Å². The van der Waals surface area contributed by atoms with Gasteiger partial charge in [0, 0.05) is 0 Å². The van der Waals surface area contributed by atoms with Gasteiger partial charge in [0.05, 0.1) is 19.2 Å². The van der Waals surface area contributed by atoms with Crippen molar-refractivity contribution in [3.63, 3.8) is 0 Å². The Morgan fingerprint density at radius 2 is 2.06 bits per heavy atom. The van der Waals surface area contributed by atoms with E-state index in [-0.39, 0.29) is 0 Å². The number of rotatable bonds is 2. The molecule has 0 aromatic heterocycles. The fourth-order valence-electron chi connectivity index (χ4n) is 2.13. The predicted molar refractivity (Wildman–Crippen MR) is 67.9 cm³/mol. The molecular weight excluding hydrogens is 214 g/mol. The molecule has 0 bridgehead atoms. The summed E-state index contributed by atoms with van der Waals surface area (Å²) in [6, 6.07) is 12.2. The Bertz CT molecular complexity index is 590. The van der Waals surface area contributed by atoms with Gasteiger partial charge in [-0.3, -0.25) is 0 Å². The second-order valence-corrected chi connectivity index (χ2v) is 3.90. The molecule has 0 unspecified atom stereocenters. The van der Waals surface area contributed by atoms with Crippen LogP contribution in [0.15, 0.2) is 41.4 Å². The molecule has 1 aliphatic rings. The SMILES string of the molecule is COc1ccc2ccccc2c1C1=NCCO1. The van der Waals surface area contributed by atoms with Crippen molar-refractivity contribution < 1.29 is 9.47 Å². The van der Waals surface area contributed by atoms with E-state index in [1.165, 1.54) is 5.39 Å². The van der Waals surface area contributed by atoms with Crippen molar-refractivity contribution in [1.29, 1.82) is 0 Å². The molecule has 2 aromatic carbocycles. The second-order valence-electron chi connectivity index (χ2n) is 3.90. The van der Waals surface area contributed by atoms with Crippen molar-refractivity contribution in [2.75, 3.05) is 20.3 Å². The lowest BCUT2D eigenvalue weighted by atomic mass is 10.0. The largest absolute Gasteiger partial charge is 0.496 e. The smallest absolute Gasteiger partial charge is 0.220 e. The Kier molecular flexibility index (Phi) is 2.44. The Hall–Kier alpha value is -2.03. The number of aliphatic imine (C=N–C) groups is 1. The van der Waals surface area contributed by atoms with Crippen molar-refractivity contribution in [3.8, 4) is 5.75 Å². The predicted octanol–water partition coefficient (Wildman–Crippen LogP) is 2.63. The van der Waals surface area contributed by atoms with Crippen LogP contribution in [0.2, 0.25) is 0 Å². The fourth-order valence-corrected chi connectivity index (χ4v) is 2.13. The highest BCUT2D eigenvalue weighted by molar-refractivity contribution is 6.09. The third-order valence-electron chi connectivity index (χ3n) is 2.91. The van der Waals surface area contributed by atoms with Gasteiger partial charge < -0.3 is 9.47 Å². The monoisotopic (exact) mass is 227 g/mol. The zero-order chi connectivity index (χ0) is 11.7. The average Bonchev–Trinajstić information content (AvgIpc) is 2.91. The summed E-state index contributed by atoms with van der Waals surface area (Å²) in [7, 11) is 1.67. The Balaban J connectivity index is 2.31. The van der Waals surface area contributed by atoms with Crippen LogP contribution in [0.25, 0.3) is 10.8 Å². The van der Waals surface area contributed by atoms with Crippen molar-refractivity contribution >= 4 is 16.7 Å². The number of fused-ring (bicyclic) bond motifs is 1. The lowest BCUT2D eigenvalue weighted by Crippen LogP contribution is -2.04. The summed E-state index contributed by atoms with van der Waals surface area (Å²) in [5.74, 6) is 1.50. The maximum absolute atomic E-state index is 5.56. The quantitative estimate of drug-likeness (QED) is 0.789. The van der Waals surface area contributed by atoms with E-state index >= 15 is 0 Å². The molecule has 3 nitrogen and oxygen atoms in total. The Labute approximate surface area is 99.7 Å². The van der Waals surface area contributed by atoms with E-state index in [1.54, 1.807) is 7.11 Å². The molecule has 0 aliphatic carbocycles. The molecule has 0 fully saturated rings. The molecule has 0 saturated carbocycles. The maximum atomic E-state index is 5.56. The highest BCUT2D eigenvalue weighted by Gasteiger charge is 2.18. The van der Waals surface area contributed by atoms with Crippen LogP contribution >= 0.6 is 0 Å². The number of hydrogen-bond donors (Lipinski definition) is 0. The first-order chi connectivity index (χ1) is 8.40. The number of ether oxygens (including phenoxy) is 2. The van der Waals surface area contributed by atoms with Gasteiger partial charge in [0.25, 0.3) is 0 Å². The molecule has 0 saturated heterocycles. The van der Waals surface area contributed by atoms with E-state index < -0.39 is 0 Å². The summed E-state index contributed by atoms with van der Waals surface area (Å²) in [6.45, 7) is 1.38. The molecular formula is C14H13NO2. The Morgan fingerprint density at radius 3 is 2.82 bits per heavy atom. The van der Waals surface area contributed by atoms with Crippen molar-refractivity contribution in [2.45, 2.75) is 0 Å². The molecule has 1 aliphatic heterocycles. The van der Waals surface area contributed by atoms with E-state index in [9.17, 15) is 0 Å². The van der Waals surface area contributed by atoms with Crippen molar-refractivity contribution in [3.05, 3.63) is 42.0 Å². The van der Waals surface area contributed by atoms with E-state index in [0.717, 1.165) is 23.2 Å². The van der Waals surface area contributed by atoms with Gasteiger partial charge in [-0.05, 0) is 16.8 Å². The molecule has 86 valence electrons. The standard InChI is InChI=1S/C14H13NO2/c1-16-12-7-6-10-4-2-3-5-11(10)13(12)14-15-8-9-17-14/h2-7H,8-9H2,1H3. The molecule has 0 atom stereocenters. The van der Waals surface area contributed by atoms with Crippen LogP contribution in [0.3, 0.4) is 0 Å². The van der Waals surface area contributed by atoms with Crippen LogP contribution in [0.5, 0.6) is 5.75 Å². The zero-order valence-electron chi connectivity index (χ0n) is 9.64. The molecule has 1 heterocycles. The van der Waals surface area contributed by atoms with Crippen LogP contribution < -0.4 is 4.74 Å². The van der Waals surface area contributed by atoms with Gasteiger partial charge in [-0.1, -0.05) is 30.3 Å². The third-order valence-corrected chi connectivity index (χ3v) is 2.91. The van der Waals surface area contributed by atoms with E-state index in [0.29, 0.717) is 12.5 Å². The van der Waals surface area contributed by atoms with Crippen LogP contribution in [0.1, 0.15) is 5.56 Å². The van der Waals surface area contributed by atoms with Crippen LogP contribution in [-0.2, 0) is 4.74 Å². The van der Waals surface area contributed by atoms with Gasteiger partial charge in [0.15, 0.2) is 0 Å². The lowest BCUT2D eigenvalue weighted by Gasteiger charge is -2.11. The normalized spacial score (nSPS) is 14.5. The summed E-state index contributed by atoms with van der Waals surface area (Å²) in [6.07, 6.45) is 0. The maximum Gasteiger partial charge on any atom is 0.220 e. The van der Waals surface area contributed by atoms with E-state index in [2.05, 4.69) is 17.1 Å². The summed E-state index contributed by atoms with van der Waals surface area (Å²) in [5, 5.41) is 2.29. The zero-order valence-corrected chi connectivity index (χ0v) is 9.64. The first-order valence-corrected chi connectivity index (χ1v) is 5.63. The van der Waals surface area contributed by atoms with Gasteiger partial charge in [-0.15, -0.1) is 0 Å². The van der Waals surface area contributed by atoms with Gasteiger partial charge >= 0.3 is 0 Å². The molecule has 0 spiro atoms. The lowest BCUT2D eigenvalue weighted by molar-refractivity contribution is 0.345. The van der Waals surface area contributed by atoms with Crippen molar-refractivity contribution in [1.82, 2.24) is 0 Å². The number of hydrogen-bond acceptors (Lipinski definition) is 3. The van der Waals surface area contributed by atoms with Gasteiger partial charge in [-0.25, -0.2) is 4.99 Å². The third kappa shape index (κ3) is 1.64. The highest BCUT2D eigenvalue weighted by Crippen LogP contribution is 2.29. The van der Waals surface area contributed by atoms with Crippen LogP contribution in [0, 0.1) is 0 Å². The topological polar surface area (TPSA) is 30.8 Å². The summed E-state index contributed by atoms with van der Waals surface area (Å²) >= 11 is 0. The second kappa shape index (κ2) is 4.09. The van der Waals surface area contributed by atoms with Crippen LogP contribution in [-0.4, -0.2) is 26.2 Å². The molecule has 0 N–H and O–H groups in total. The summed E-state index contributed by atoms with van der Waals surface area (Å²) in [5.41, 5.74) is 0.961. The first-order valence-electron chi connectivity index (χ1n) is 5.63. The first kappa shape index (κ1) is 10.1. The van der Waals surface area contributed by atoms with Crippen molar-refractivity contribution in [2.24, 2.45) is 4.99 Å². The van der Waals surface area contributed by atoms with E-state index in [1.807, 2.05) is 24.3 Å². The summed E-state index contributed by atoms with van der Waals surface area (Å²) < 4.78 is 11.0. The van der Waals surface area contributed by atoms with E-state index in [4.69, 9.17) is 9.47 Å². The minimum Gasteiger partial charge on any atom is -0.496 e. The average molecular weight is 227 g/mol. The molecule has 3 rings (SSSR count).